The fourth-order valence-corrected chi connectivity index (χ4v) is 2.82. The number of nitriles is 1. The monoisotopic (exact) mass is 290 g/mol. The summed E-state index contributed by atoms with van der Waals surface area (Å²) in [4.78, 5) is 2.00. The van der Waals surface area contributed by atoms with Crippen molar-refractivity contribution in [3.8, 4) is 6.07 Å². The first-order valence-corrected chi connectivity index (χ1v) is 7.44. The molecule has 1 aromatic heterocycles. The number of hydrogen-bond acceptors (Lipinski definition) is 6. The molecule has 0 spiro atoms. The zero-order valence-corrected chi connectivity index (χ0v) is 12.8. The van der Waals surface area contributed by atoms with Crippen LogP contribution in [0.15, 0.2) is 0 Å². The summed E-state index contributed by atoms with van der Waals surface area (Å²) in [5.74, 6) is 0.611. The average molecular weight is 290 g/mol. The molecular formula is C15H22N4O2. The third-order valence-electron chi connectivity index (χ3n) is 3.77. The summed E-state index contributed by atoms with van der Waals surface area (Å²) in [7, 11) is 0. The van der Waals surface area contributed by atoms with Crippen molar-refractivity contribution in [2.24, 2.45) is 0 Å². The number of nitrogens with zero attached hydrogens (tertiary/aromatic N) is 4. The number of anilines is 1. The largest absolute Gasteiger partial charge is 0.394 e. The molecule has 6 heteroatoms. The van der Waals surface area contributed by atoms with Gasteiger partial charge in [0.25, 0.3) is 0 Å². The van der Waals surface area contributed by atoms with Crippen LogP contribution in [-0.4, -0.2) is 47.2 Å². The topological polar surface area (TPSA) is 82.3 Å². The molecule has 0 aromatic carbocycles. The highest BCUT2D eigenvalue weighted by molar-refractivity contribution is 5.58. The van der Waals surface area contributed by atoms with E-state index in [9.17, 15) is 10.4 Å². The Labute approximate surface area is 125 Å². The molecule has 0 aliphatic carbocycles. The minimum atomic E-state index is -0.252. The lowest BCUT2D eigenvalue weighted by Gasteiger charge is -2.37. The molecule has 21 heavy (non-hydrogen) atoms. The summed E-state index contributed by atoms with van der Waals surface area (Å²) < 4.78 is 5.64. The smallest absolute Gasteiger partial charge is 0.169 e. The first kappa shape index (κ1) is 15.7. The molecule has 1 fully saturated rings. The van der Waals surface area contributed by atoms with Crippen LogP contribution >= 0.6 is 0 Å². The lowest BCUT2D eigenvalue weighted by molar-refractivity contribution is -0.0423. The lowest BCUT2D eigenvalue weighted by atomic mass is 10.0. The van der Waals surface area contributed by atoms with Crippen molar-refractivity contribution < 1.29 is 9.84 Å². The zero-order chi connectivity index (χ0) is 15.4. The van der Waals surface area contributed by atoms with Crippen LogP contribution in [0.2, 0.25) is 0 Å². The molecule has 1 aliphatic heterocycles. The molecular weight excluding hydrogens is 268 g/mol. The van der Waals surface area contributed by atoms with E-state index in [-0.39, 0.29) is 18.8 Å². The Bertz CT molecular complexity index is 541. The molecule has 1 aromatic rings. The fraction of sp³-hybridized carbons (Fsp3) is 0.667. The molecule has 2 unspecified atom stereocenters. The van der Waals surface area contributed by atoms with E-state index >= 15 is 0 Å². The first-order valence-electron chi connectivity index (χ1n) is 7.44. The van der Waals surface area contributed by atoms with Crippen molar-refractivity contribution in [2.45, 2.75) is 45.8 Å². The summed E-state index contributed by atoms with van der Waals surface area (Å²) in [5.41, 5.74) is 2.47. The van der Waals surface area contributed by atoms with E-state index < -0.39 is 0 Å². The van der Waals surface area contributed by atoms with Gasteiger partial charge in [-0.25, -0.2) is 0 Å². The Kier molecular flexibility index (Phi) is 5.10. The van der Waals surface area contributed by atoms with Crippen LogP contribution in [0, 0.1) is 11.3 Å². The van der Waals surface area contributed by atoms with E-state index in [1.807, 2.05) is 25.7 Å². The van der Waals surface area contributed by atoms with E-state index in [1.165, 1.54) is 0 Å². The number of aliphatic hydroxyl groups is 1. The van der Waals surface area contributed by atoms with Gasteiger partial charge in [-0.1, -0.05) is 13.8 Å². The van der Waals surface area contributed by atoms with Crippen molar-refractivity contribution in [1.29, 1.82) is 5.26 Å². The molecule has 0 saturated carbocycles. The summed E-state index contributed by atoms with van der Waals surface area (Å²) in [5, 5.41) is 27.4. The van der Waals surface area contributed by atoms with Gasteiger partial charge in [-0.3, -0.25) is 0 Å². The summed E-state index contributed by atoms with van der Waals surface area (Å²) in [6, 6.07) is 2.29. The minimum Gasteiger partial charge on any atom is -0.394 e. The van der Waals surface area contributed by atoms with Gasteiger partial charge < -0.3 is 14.7 Å². The van der Waals surface area contributed by atoms with Crippen LogP contribution in [0.3, 0.4) is 0 Å². The maximum Gasteiger partial charge on any atom is 0.169 e. The first-order chi connectivity index (χ1) is 10.1. The molecule has 0 radical (unpaired) electrons. The SMILES string of the molecule is CCc1nnc(N2CC(C)OC(CO)C2)c(C#N)c1CC. The number of morpholine rings is 1. The van der Waals surface area contributed by atoms with Crippen LogP contribution in [0.1, 0.15) is 37.6 Å². The van der Waals surface area contributed by atoms with Crippen molar-refractivity contribution in [2.75, 3.05) is 24.6 Å². The third-order valence-corrected chi connectivity index (χ3v) is 3.77. The molecule has 1 N–H and O–H groups in total. The van der Waals surface area contributed by atoms with Gasteiger partial charge >= 0.3 is 0 Å². The molecule has 0 amide bonds. The van der Waals surface area contributed by atoms with E-state index in [4.69, 9.17) is 4.74 Å². The van der Waals surface area contributed by atoms with Gasteiger partial charge in [0.2, 0.25) is 0 Å². The maximum absolute atomic E-state index is 9.54. The highest BCUT2D eigenvalue weighted by atomic mass is 16.5. The second kappa shape index (κ2) is 6.83. The van der Waals surface area contributed by atoms with E-state index in [0.717, 1.165) is 24.1 Å². The van der Waals surface area contributed by atoms with Crippen molar-refractivity contribution in [3.05, 3.63) is 16.8 Å². The van der Waals surface area contributed by atoms with E-state index in [2.05, 4.69) is 16.3 Å². The number of aliphatic hydroxyl groups excluding tert-OH is 1. The van der Waals surface area contributed by atoms with Gasteiger partial charge in [-0.05, 0) is 25.3 Å². The van der Waals surface area contributed by atoms with Gasteiger partial charge in [0.1, 0.15) is 11.6 Å². The summed E-state index contributed by atoms with van der Waals surface area (Å²) in [6.45, 7) is 7.13. The standard InChI is InChI=1S/C15H22N4O2/c1-4-12-13(6-16)15(18-17-14(12)5-2)19-7-10(3)21-11(8-19)9-20/h10-11,20H,4-5,7-9H2,1-3H3. The Morgan fingerprint density at radius 2 is 2.10 bits per heavy atom. The molecule has 2 atom stereocenters. The van der Waals surface area contributed by atoms with Gasteiger partial charge in [-0.15, -0.1) is 5.10 Å². The summed E-state index contributed by atoms with van der Waals surface area (Å²) in [6.07, 6.45) is 1.26. The lowest BCUT2D eigenvalue weighted by Crippen LogP contribution is -2.48. The van der Waals surface area contributed by atoms with Crippen molar-refractivity contribution in [1.82, 2.24) is 10.2 Å². The second-order valence-corrected chi connectivity index (χ2v) is 5.30. The number of aromatic nitrogens is 2. The van der Waals surface area contributed by atoms with Crippen molar-refractivity contribution in [3.63, 3.8) is 0 Å². The fourth-order valence-electron chi connectivity index (χ4n) is 2.82. The Morgan fingerprint density at radius 1 is 1.33 bits per heavy atom. The van der Waals surface area contributed by atoms with Crippen LogP contribution in [0.4, 0.5) is 5.82 Å². The van der Waals surface area contributed by atoms with Gasteiger partial charge in [-0.2, -0.15) is 10.4 Å². The Balaban J connectivity index is 2.41. The number of rotatable bonds is 4. The van der Waals surface area contributed by atoms with Gasteiger partial charge in [0.15, 0.2) is 5.82 Å². The summed E-state index contributed by atoms with van der Waals surface area (Å²) >= 11 is 0. The number of ether oxygens (including phenoxy) is 1. The Hall–Kier alpha value is -1.71. The van der Waals surface area contributed by atoms with Gasteiger partial charge in [0.05, 0.1) is 24.5 Å². The van der Waals surface area contributed by atoms with Crippen LogP contribution in [-0.2, 0) is 17.6 Å². The Morgan fingerprint density at radius 3 is 2.67 bits per heavy atom. The zero-order valence-electron chi connectivity index (χ0n) is 12.8. The predicted octanol–water partition coefficient (Wildman–Crippen LogP) is 1.06. The molecule has 1 aliphatic rings. The molecule has 2 rings (SSSR count). The quantitative estimate of drug-likeness (QED) is 0.893. The molecule has 114 valence electrons. The highest BCUT2D eigenvalue weighted by Crippen LogP contribution is 2.25. The van der Waals surface area contributed by atoms with Crippen LogP contribution in [0.25, 0.3) is 0 Å². The number of hydrogen-bond donors (Lipinski definition) is 1. The average Bonchev–Trinajstić information content (AvgIpc) is 2.52. The molecule has 2 heterocycles. The minimum absolute atomic E-state index is 0.0137. The third kappa shape index (κ3) is 3.14. The number of aryl methyl sites for hydroxylation is 1. The highest BCUT2D eigenvalue weighted by Gasteiger charge is 2.28. The van der Waals surface area contributed by atoms with Crippen LogP contribution in [0.5, 0.6) is 0 Å². The molecule has 1 saturated heterocycles. The van der Waals surface area contributed by atoms with E-state index in [0.29, 0.717) is 24.5 Å². The van der Waals surface area contributed by atoms with Crippen molar-refractivity contribution >= 4 is 5.82 Å². The van der Waals surface area contributed by atoms with E-state index in [1.54, 1.807) is 0 Å². The predicted molar refractivity (Wildman–Crippen MR) is 79.1 cm³/mol. The normalized spacial score (nSPS) is 22.1. The second-order valence-electron chi connectivity index (χ2n) is 5.30. The molecule has 6 nitrogen and oxygen atoms in total. The maximum atomic E-state index is 9.54. The van der Waals surface area contributed by atoms with Crippen LogP contribution < -0.4 is 4.90 Å². The van der Waals surface area contributed by atoms with Gasteiger partial charge in [0, 0.05) is 13.1 Å². The molecule has 0 bridgehead atoms.